The maximum Gasteiger partial charge on any atom is 0.138 e. The summed E-state index contributed by atoms with van der Waals surface area (Å²) in [4.78, 5) is 13.4. The molecule has 138 valence electrons. The lowest BCUT2D eigenvalue weighted by atomic mass is 10.0. The van der Waals surface area contributed by atoms with Gasteiger partial charge in [-0.3, -0.25) is 0 Å². The number of hydrogen-bond donors (Lipinski definition) is 2. The lowest BCUT2D eigenvalue weighted by Crippen LogP contribution is -2.06. The van der Waals surface area contributed by atoms with Crippen LogP contribution in [0, 0.1) is 6.92 Å². The van der Waals surface area contributed by atoms with E-state index in [4.69, 9.17) is 0 Å². The topological polar surface area (TPSA) is 53.6 Å². The molecule has 5 heteroatoms. The SMILES string of the molecule is Cc1ccc(-c2csc3ncnc(NCCc4c[nH]c5ccccc45)c23)cc1. The quantitative estimate of drug-likeness (QED) is 0.402. The summed E-state index contributed by atoms with van der Waals surface area (Å²) in [6.45, 7) is 2.92. The summed E-state index contributed by atoms with van der Waals surface area (Å²) in [6.07, 6.45) is 4.68. The van der Waals surface area contributed by atoms with E-state index in [0.717, 1.165) is 29.0 Å². The van der Waals surface area contributed by atoms with Crippen molar-refractivity contribution in [3.05, 3.63) is 77.6 Å². The van der Waals surface area contributed by atoms with Crippen molar-refractivity contribution in [2.24, 2.45) is 0 Å². The molecule has 0 bridgehead atoms. The number of aromatic amines is 1. The molecule has 0 spiro atoms. The van der Waals surface area contributed by atoms with Crippen molar-refractivity contribution in [3.8, 4) is 11.1 Å². The highest BCUT2D eigenvalue weighted by molar-refractivity contribution is 7.17. The number of hydrogen-bond acceptors (Lipinski definition) is 4. The monoisotopic (exact) mass is 384 g/mol. The molecule has 2 N–H and O–H groups in total. The third kappa shape index (κ3) is 3.04. The minimum absolute atomic E-state index is 0.817. The van der Waals surface area contributed by atoms with Gasteiger partial charge in [0.2, 0.25) is 0 Å². The van der Waals surface area contributed by atoms with Crippen molar-refractivity contribution >= 4 is 38.3 Å². The molecule has 5 rings (SSSR count). The highest BCUT2D eigenvalue weighted by Crippen LogP contribution is 2.36. The normalized spacial score (nSPS) is 11.3. The van der Waals surface area contributed by atoms with Crippen LogP contribution < -0.4 is 5.32 Å². The first-order valence-electron chi connectivity index (χ1n) is 9.38. The van der Waals surface area contributed by atoms with Gasteiger partial charge in [-0.05, 0) is 30.5 Å². The Morgan fingerprint density at radius 3 is 2.79 bits per heavy atom. The molecule has 0 amide bonds. The molecule has 0 atom stereocenters. The number of H-pyrrole nitrogens is 1. The van der Waals surface area contributed by atoms with Gasteiger partial charge in [0.05, 0.1) is 5.39 Å². The second kappa shape index (κ2) is 7.09. The van der Waals surface area contributed by atoms with Crippen LogP contribution in [-0.4, -0.2) is 21.5 Å². The van der Waals surface area contributed by atoms with Crippen molar-refractivity contribution in [2.75, 3.05) is 11.9 Å². The molecule has 2 aromatic carbocycles. The number of nitrogens with zero attached hydrogens (tertiary/aromatic N) is 2. The number of para-hydroxylation sites is 1. The predicted octanol–water partition coefficient (Wildman–Crippen LogP) is 5.80. The first-order valence-corrected chi connectivity index (χ1v) is 10.3. The van der Waals surface area contributed by atoms with Gasteiger partial charge in [0.25, 0.3) is 0 Å². The maximum absolute atomic E-state index is 4.54. The van der Waals surface area contributed by atoms with Crippen molar-refractivity contribution in [1.29, 1.82) is 0 Å². The molecule has 4 nitrogen and oxygen atoms in total. The molecular formula is C23H20N4S. The summed E-state index contributed by atoms with van der Waals surface area (Å²) in [5, 5.41) is 8.11. The molecule has 0 unspecified atom stereocenters. The second-order valence-electron chi connectivity index (χ2n) is 6.95. The molecule has 0 fully saturated rings. The molecule has 0 radical (unpaired) electrons. The van der Waals surface area contributed by atoms with E-state index in [2.05, 4.69) is 87.3 Å². The Hall–Kier alpha value is -3.18. The van der Waals surface area contributed by atoms with Gasteiger partial charge in [0.1, 0.15) is 17.0 Å². The fraction of sp³-hybridized carbons (Fsp3) is 0.130. The van der Waals surface area contributed by atoms with Gasteiger partial charge in [-0.1, -0.05) is 48.0 Å². The number of aromatic nitrogens is 3. The molecular weight excluding hydrogens is 364 g/mol. The fourth-order valence-electron chi connectivity index (χ4n) is 3.61. The average Bonchev–Trinajstić information content (AvgIpc) is 3.34. The van der Waals surface area contributed by atoms with Crippen LogP contribution in [0.3, 0.4) is 0 Å². The molecule has 0 aliphatic heterocycles. The van der Waals surface area contributed by atoms with Crippen molar-refractivity contribution in [3.63, 3.8) is 0 Å². The largest absolute Gasteiger partial charge is 0.369 e. The van der Waals surface area contributed by atoms with Gasteiger partial charge in [0, 0.05) is 34.6 Å². The lowest BCUT2D eigenvalue weighted by molar-refractivity contribution is 1.01. The number of aryl methyl sites for hydroxylation is 1. The van der Waals surface area contributed by atoms with Gasteiger partial charge in [-0.2, -0.15) is 0 Å². The number of benzene rings is 2. The first kappa shape index (κ1) is 17.0. The molecule has 3 aromatic heterocycles. The van der Waals surface area contributed by atoms with E-state index >= 15 is 0 Å². The zero-order valence-electron chi connectivity index (χ0n) is 15.6. The minimum atomic E-state index is 0.817. The Labute approximate surface area is 167 Å². The van der Waals surface area contributed by atoms with E-state index in [9.17, 15) is 0 Å². The molecule has 5 aromatic rings. The molecule has 0 saturated heterocycles. The highest BCUT2D eigenvalue weighted by atomic mass is 32.1. The third-order valence-electron chi connectivity index (χ3n) is 5.09. The average molecular weight is 385 g/mol. The van der Waals surface area contributed by atoms with Gasteiger partial charge >= 0.3 is 0 Å². The standard InChI is InChI=1S/C23H20N4S/c1-15-6-8-16(9-7-15)19-13-28-23-21(19)22(26-14-27-23)24-11-10-17-12-25-20-5-3-2-4-18(17)20/h2-9,12-14,25H,10-11H2,1H3,(H,24,26,27). The van der Waals surface area contributed by atoms with Crippen LogP contribution >= 0.6 is 11.3 Å². The molecule has 0 saturated carbocycles. The zero-order chi connectivity index (χ0) is 18.9. The van der Waals surface area contributed by atoms with Crippen molar-refractivity contribution in [1.82, 2.24) is 15.0 Å². The van der Waals surface area contributed by atoms with E-state index in [1.807, 2.05) is 0 Å². The van der Waals surface area contributed by atoms with E-state index in [0.29, 0.717) is 0 Å². The van der Waals surface area contributed by atoms with E-state index < -0.39 is 0 Å². The Morgan fingerprint density at radius 2 is 1.89 bits per heavy atom. The summed E-state index contributed by atoms with van der Waals surface area (Å²) < 4.78 is 0. The fourth-order valence-corrected chi connectivity index (χ4v) is 4.52. The van der Waals surface area contributed by atoms with Crippen molar-refractivity contribution in [2.45, 2.75) is 13.3 Å². The van der Waals surface area contributed by atoms with Crippen molar-refractivity contribution < 1.29 is 0 Å². The number of rotatable bonds is 5. The van der Waals surface area contributed by atoms with E-state index in [1.54, 1.807) is 17.7 Å². The van der Waals surface area contributed by atoms with Crippen LogP contribution in [-0.2, 0) is 6.42 Å². The molecule has 0 aliphatic carbocycles. The molecule has 3 heterocycles. The van der Waals surface area contributed by atoms with Crippen LogP contribution in [0.5, 0.6) is 0 Å². The zero-order valence-corrected chi connectivity index (χ0v) is 16.4. The Bertz CT molecular complexity index is 1250. The van der Waals surface area contributed by atoms with Crippen LogP contribution in [0.1, 0.15) is 11.1 Å². The number of anilines is 1. The van der Waals surface area contributed by atoms with Crippen LogP contribution in [0.25, 0.3) is 32.2 Å². The summed E-state index contributed by atoms with van der Waals surface area (Å²) in [5.41, 5.74) is 6.15. The van der Waals surface area contributed by atoms with E-state index in [1.165, 1.54) is 33.2 Å². The van der Waals surface area contributed by atoms with Crippen LogP contribution in [0.2, 0.25) is 0 Å². The molecule has 0 aliphatic rings. The summed E-state index contributed by atoms with van der Waals surface area (Å²) in [6, 6.07) is 17.0. The maximum atomic E-state index is 4.54. The predicted molar refractivity (Wildman–Crippen MR) is 118 cm³/mol. The Kier molecular flexibility index (Phi) is 4.29. The summed E-state index contributed by atoms with van der Waals surface area (Å²) in [5.74, 6) is 0.904. The summed E-state index contributed by atoms with van der Waals surface area (Å²) in [7, 11) is 0. The number of thiophene rings is 1. The van der Waals surface area contributed by atoms with Gasteiger partial charge in [-0.25, -0.2) is 9.97 Å². The second-order valence-corrected chi connectivity index (χ2v) is 7.81. The number of fused-ring (bicyclic) bond motifs is 2. The van der Waals surface area contributed by atoms with Gasteiger partial charge < -0.3 is 10.3 Å². The first-order chi connectivity index (χ1) is 13.8. The smallest absolute Gasteiger partial charge is 0.138 e. The summed E-state index contributed by atoms with van der Waals surface area (Å²) >= 11 is 1.66. The Morgan fingerprint density at radius 1 is 1.04 bits per heavy atom. The Balaban J connectivity index is 1.43. The molecule has 28 heavy (non-hydrogen) atoms. The van der Waals surface area contributed by atoms with Crippen LogP contribution in [0.15, 0.2) is 66.4 Å². The number of nitrogens with one attached hydrogen (secondary N) is 2. The highest BCUT2D eigenvalue weighted by Gasteiger charge is 2.13. The van der Waals surface area contributed by atoms with Gasteiger partial charge in [0.15, 0.2) is 0 Å². The van der Waals surface area contributed by atoms with Gasteiger partial charge in [-0.15, -0.1) is 11.3 Å². The van der Waals surface area contributed by atoms with Crippen LogP contribution in [0.4, 0.5) is 5.82 Å². The van der Waals surface area contributed by atoms with E-state index in [-0.39, 0.29) is 0 Å². The lowest BCUT2D eigenvalue weighted by Gasteiger charge is -2.08. The minimum Gasteiger partial charge on any atom is -0.369 e. The third-order valence-corrected chi connectivity index (χ3v) is 5.98.